The molecule has 0 aliphatic rings. The fraction of sp³-hybridized carbons (Fsp3) is 0.360. The van der Waals surface area contributed by atoms with E-state index in [9.17, 15) is 5.11 Å². The average molecular weight is 378 g/mol. The first-order valence-corrected chi connectivity index (χ1v) is 10.4. The van der Waals surface area contributed by atoms with Crippen molar-refractivity contribution < 1.29 is 10.2 Å². The molecule has 3 aromatic rings. The van der Waals surface area contributed by atoms with Gasteiger partial charge in [-0.1, -0.05) is 61.4 Å². The Bertz CT molecular complexity index is 875. The molecule has 148 valence electrons. The van der Waals surface area contributed by atoms with Crippen molar-refractivity contribution in [1.82, 2.24) is 5.32 Å². The third kappa shape index (κ3) is 5.82. The van der Waals surface area contributed by atoms with E-state index in [1.54, 1.807) is 6.07 Å². The number of aromatic hydroxyl groups is 1. The molecule has 0 spiro atoms. The third-order valence-corrected chi connectivity index (χ3v) is 5.28. The Morgan fingerprint density at radius 2 is 1.43 bits per heavy atom. The molecule has 0 saturated heterocycles. The van der Waals surface area contributed by atoms with Crippen LogP contribution in [0.5, 0.6) is 5.75 Å². The summed E-state index contributed by atoms with van der Waals surface area (Å²) in [7, 11) is 0. The highest BCUT2D eigenvalue weighted by Crippen LogP contribution is 2.24. The summed E-state index contributed by atoms with van der Waals surface area (Å²) in [6.07, 6.45) is 6.96. The number of phenolic OH excluding ortho intramolecular Hbond substituents is 1. The van der Waals surface area contributed by atoms with E-state index >= 15 is 0 Å². The largest absolute Gasteiger partial charge is 0.508 e. The quantitative estimate of drug-likeness (QED) is 0.413. The highest BCUT2D eigenvalue weighted by Gasteiger charge is 2.06. The number of benzene rings is 3. The van der Waals surface area contributed by atoms with Crippen LogP contribution in [0.3, 0.4) is 0 Å². The predicted molar refractivity (Wildman–Crippen MR) is 117 cm³/mol. The lowest BCUT2D eigenvalue weighted by molar-refractivity contribution is 0.292. The second-order valence-electron chi connectivity index (χ2n) is 7.41. The van der Waals surface area contributed by atoms with Gasteiger partial charge in [0.05, 0.1) is 6.61 Å². The van der Waals surface area contributed by atoms with Gasteiger partial charge >= 0.3 is 0 Å². The molecular weight excluding hydrogens is 346 g/mol. The first kappa shape index (κ1) is 20.4. The zero-order chi connectivity index (χ0) is 19.6. The summed E-state index contributed by atoms with van der Waals surface area (Å²) in [5.74, 6) is 0.361. The van der Waals surface area contributed by atoms with E-state index in [1.165, 1.54) is 53.1 Å². The normalized spacial score (nSPS) is 11.2. The van der Waals surface area contributed by atoms with Crippen LogP contribution in [0.25, 0.3) is 10.8 Å². The monoisotopic (exact) mass is 377 g/mol. The first-order valence-electron chi connectivity index (χ1n) is 10.4. The minimum Gasteiger partial charge on any atom is -0.508 e. The minimum atomic E-state index is 0.168. The smallest absolute Gasteiger partial charge is 0.115 e. The van der Waals surface area contributed by atoms with Crippen LogP contribution in [0.4, 0.5) is 0 Å². The molecule has 3 nitrogen and oxygen atoms in total. The Kier molecular flexibility index (Phi) is 7.89. The molecule has 3 aromatic carbocycles. The van der Waals surface area contributed by atoms with Gasteiger partial charge in [0.25, 0.3) is 0 Å². The Morgan fingerprint density at radius 3 is 2.18 bits per heavy atom. The number of phenols is 1. The molecule has 0 fully saturated rings. The molecule has 0 heterocycles. The van der Waals surface area contributed by atoms with Crippen LogP contribution < -0.4 is 5.32 Å². The molecule has 28 heavy (non-hydrogen) atoms. The van der Waals surface area contributed by atoms with Crippen LogP contribution in [-0.2, 0) is 19.4 Å². The minimum absolute atomic E-state index is 0.168. The van der Waals surface area contributed by atoms with Gasteiger partial charge in [0.1, 0.15) is 5.75 Å². The Morgan fingerprint density at radius 1 is 0.714 bits per heavy atom. The summed E-state index contributed by atoms with van der Waals surface area (Å²) in [5.41, 5.74) is 3.93. The molecule has 0 unspecified atom stereocenters. The molecule has 0 aromatic heterocycles. The molecule has 3 N–H and O–H groups in total. The lowest BCUT2D eigenvalue weighted by Gasteiger charge is -2.12. The predicted octanol–water partition coefficient (Wildman–Crippen LogP) is 4.97. The maximum atomic E-state index is 9.53. The molecule has 0 radical (unpaired) electrons. The summed E-state index contributed by atoms with van der Waals surface area (Å²) in [5, 5.41) is 24.4. The van der Waals surface area contributed by atoms with Crippen molar-refractivity contribution in [2.75, 3.05) is 13.2 Å². The van der Waals surface area contributed by atoms with E-state index in [-0.39, 0.29) is 6.61 Å². The van der Waals surface area contributed by atoms with Gasteiger partial charge in [-0.15, -0.1) is 0 Å². The number of rotatable bonds is 11. The Balaban J connectivity index is 1.49. The van der Waals surface area contributed by atoms with E-state index in [4.69, 9.17) is 5.11 Å². The van der Waals surface area contributed by atoms with Crippen LogP contribution >= 0.6 is 0 Å². The van der Waals surface area contributed by atoms with E-state index in [2.05, 4.69) is 47.8 Å². The Labute approximate surface area is 168 Å². The van der Waals surface area contributed by atoms with E-state index in [1.807, 2.05) is 12.1 Å². The molecule has 0 bridgehead atoms. The SMILES string of the molecule is OCCNCc1ccc(CCCCCCc2cccc(O)c2)c2ccccc12. The number of hydrogen-bond acceptors (Lipinski definition) is 3. The van der Waals surface area contributed by atoms with Crippen LogP contribution in [-0.4, -0.2) is 23.4 Å². The fourth-order valence-corrected chi connectivity index (χ4v) is 3.81. The highest BCUT2D eigenvalue weighted by molar-refractivity contribution is 5.88. The zero-order valence-electron chi connectivity index (χ0n) is 16.5. The second kappa shape index (κ2) is 10.8. The number of aliphatic hydroxyl groups excluding tert-OH is 1. The first-order chi connectivity index (χ1) is 13.8. The summed E-state index contributed by atoms with van der Waals surface area (Å²) in [4.78, 5) is 0. The van der Waals surface area contributed by atoms with Crippen molar-refractivity contribution in [3.63, 3.8) is 0 Å². The number of unbranched alkanes of at least 4 members (excludes halogenated alkanes) is 3. The molecule has 0 aliphatic heterocycles. The second-order valence-corrected chi connectivity index (χ2v) is 7.41. The number of fused-ring (bicyclic) bond motifs is 1. The highest BCUT2D eigenvalue weighted by atomic mass is 16.3. The van der Waals surface area contributed by atoms with Gasteiger partial charge in [-0.2, -0.15) is 0 Å². The number of aliphatic hydroxyl groups is 1. The standard InChI is InChI=1S/C25H31NO2/c27-17-16-26-19-22-15-14-21(24-12-5-6-13-25(22)24)10-4-2-1-3-8-20-9-7-11-23(28)18-20/h5-7,9,11-15,18,26-28H,1-4,8,10,16-17,19H2. The molecule has 3 rings (SSSR count). The van der Waals surface area contributed by atoms with E-state index < -0.39 is 0 Å². The maximum Gasteiger partial charge on any atom is 0.115 e. The van der Waals surface area contributed by atoms with Gasteiger partial charge in [-0.3, -0.25) is 0 Å². The number of aryl methyl sites for hydroxylation is 2. The molecule has 0 aliphatic carbocycles. The van der Waals surface area contributed by atoms with Crippen molar-refractivity contribution in [2.24, 2.45) is 0 Å². The topological polar surface area (TPSA) is 52.5 Å². The average Bonchev–Trinajstić information content (AvgIpc) is 2.72. The third-order valence-electron chi connectivity index (χ3n) is 5.28. The zero-order valence-corrected chi connectivity index (χ0v) is 16.5. The summed E-state index contributed by atoms with van der Waals surface area (Å²) in [6.45, 7) is 1.58. The lowest BCUT2D eigenvalue weighted by atomic mass is 9.95. The number of hydrogen-bond donors (Lipinski definition) is 3. The summed E-state index contributed by atoms with van der Waals surface area (Å²) < 4.78 is 0. The molecule has 3 heteroatoms. The number of nitrogens with one attached hydrogen (secondary N) is 1. The lowest BCUT2D eigenvalue weighted by Crippen LogP contribution is -2.17. The van der Waals surface area contributed by atoms with Gasteiger partial charge in [0.15, 0.2) is 0 Å². The molecule has 0 atom stereocenters. The van der Waals surface area contributed by atoms with E-state index in [0.29, 0.717) is 12.3 Å². The van der Waals surface area contributed by atoms with E-state index in [0.717, 1.165) is 19.4 Å². The van der Waals surface area contributed by atoms with Crippen LogP contribution in [0.1, 0.15) is 42.4 Å². The van der Waals surface area contributed by atoms with Gasteiger partial charge in [-0.25, -0.2) is 0 Å². The van der Waals surface area contributed by atoms with Gasteiger partial charge in [0.2, 0.25) is 0 Å². The molecule has 0 amide bonds. The summed E-state index contributed by atoms with van der Waals surface area (Å²) in [6, 6.07) is 20.7. The van der Waals surface area contributed by atoms with Gasteiger partial charge < -0.3 is 15.5 Å². The molecular formula is C25H31NO2. The van der Waals surface area contributed by atoms with Crippen molar-refractivity contribution >= 4 is 10.8 Å². The van der Waals surface area contributed by atoms with Crippen LogP contribution in [0.15, 0.2) is 60.7 Å². The van der Waals surface area contributed by atoms with Crippen molar-refractivity contribution in [3.05, 3.63) is 77.4 Å². The Hall–Kier alpha value is -2.36. The maximum absolute atomic E-state index is 9.53. The summed E-state index contributed by atoms with van der Waals surface area (Å²) >= 11 is 0. The van der Waals surface area contributed by atoms with Crippen molar-refractivity contribution in [2.45, 2.75) is 45.1 Å². The van der Waals surface area contributed by atoms with Gasteiger partial charge in [0, 0.05) is 13.1 Å². The fourth-order valence-electron chi connectivity index (χ4n) is 3.81. The molecule has 0 saturated carbocycles. The van der Waals surface area contributed by atoms with Gasteiger partial charge in [-0.05, 0) is 65.3 Å². The van der Waals surface area contributed by atoms with Crippen LogP contribution in [0.2, 0.25) is 0 Å². The van der Waals surface area contributed by atoms with Crippen molar-refractivity contribution in [3.8, 4) is 5.75 Å². The van der Waals surface area contributed by atoms with Crippen molar-refractivity contribution in [1.29, 1.82) is 0 Å². The van der Waals surface area contributed by atoms with Crippen LogP contribution in [0, 0.1) is 0 Å².